The van der Waals surface area contributed by atoms with Crippen LogP contribution in [0.2, 0.25) is 0 Å². The summed E-state index contributed by atoms with van der Waals surface area (Å²) in [6.07, 6.45) is -4.08. The number of likely N-dealkylation sites (tertiary alicyclic amines) is 1. The minimum atomic E-state index is -4.39. The normalized spacial score (nSPS) is 19.2. The summed E-state index contributed by atoms with van der Waals surface area (Å²) >= 11 is 0. The number of carbonyl (C=O) groups excluding carboxylic acids is 1. The Bertz CT molecular complexity index is 665. The van der Waals surface area contributed by atoms with Gasteiger partial charge in [-0.15, -0.1) is 0 Å². The van der Waals surface area contributed by atoms with Gasteiger partial charge in [0.15, 0.2) is 5.58 Å². The number of likely N-dealkylation sites (N-methyl/N-ethyl adjacent to an activating group) is 1. The molecular formula is C14H14F3N3O2. The number of hydrogen-bond donors (Lipinski definition) is 0. The number of carbonyl (C=O) groups is 1. The Labute approximate surface area is 124 Å². The van der Waals surface area contributed by atoms with Gasteiger partial charge in [-0.1, -0.05) is 12.1 Å². The summed E-state index contributed by atoms with van der Waals surface area (Å²) in [7, 11) is 1.60. The molecule has 1 aromatic heterocycles. The fraction of sp³-hybridized carbons (Fsp3) is 0.429. The van der Waals surface area contributed by atoms with Gasteiger partial charge in [0, 0.05) is 13.6 Å². The van der Waals surface area contributed by atoms with Crippen LogP contribution in [0.4, 0.5) is 19.2 Å². The topological polar surface area (TPSA) is 49.6 Å². The maximum Gasteiger partial charge on any atom is 0.406 e. The van der Waals surface area contributed by atoms with Crippen LogP contribution in [0.1, 0.15) is 6.42 Å². The van der Waals surface area contributed by atoms with E-state index in [2.05, 4.69) is 4.98 Å². The van der Waals surface area contributed by atoms with Crippen molar-refractivity contribution in [1.29, 1.82) is 0 Å². The molecule has 0 saturated carbocycles. The Kier molecular flexibility index (Phi) is 3.46. The van der Waals surface area contributed by atoms with E-state index in [1.54, 1.807) is 31.3 Å². The largest absolute Gasteiger partial charge is 0.423 e. The Hall–Kier alpha value is -2.25. The number of fused-ring (bicyclic) bond motifs is 1. The quantitative estimate of drug-likeness (QED) is 0.873. The Morgan fingerprint density at radius 2 is 2.14 bits per heavy atom. The van der Waals surface area contributed by atoms with Gasteiger partial charge in [0.2, 0.25) is 5.91 Å². The lowest BCUT2D eigenvalue weighted by Gasteiger charge is -2.22. The summed E-state index contributed by atoms with van der Waals surface area (Å²) in [5, 5.41) is 0. The summed E-state index contributed by atoms with van der Waals surface area (Å²) in [6, 6.07) is 6.65. The molecule has 1 aliphatic rings. The zero-order valence-electron chi connectivity index (χ0n) is 11.8. The number of aromatic nitrogens is 1. The molecule has 0 N–H and O–H groups in total. The van der Waals surface area contributed by atoms with Crippen LogP contribution < -0.4 is 4.90 Å². The van der Waals surface area contributed by atoms with Gasteiger partial charge < -0.3 is 14.2 Å². The number of rotatable bonds is 3. The highest BCUT2D eigenvalue weighted by Gasteiger charge is 2.41. The third kappa shape index (κ3) is 2.72. The number of anilines is 1. The van der Waals surface area contributed by atoms with Crippen LogP contribution in [-0.4, -0.2) is 48.1 Å². The molecular weight excluding hydrogens is 299 g/mol. The van der Waals surface area contributed by atoms with Crippen LogP contribution in [0.3, 0.4) is 0 Å². The average Bonchev–Trinajstić information content (AvgIpc) is 3.01. The number of hydrogen-bond acceptors (Lipinski definition) is 4. The highest BCUT2D eigenvalue weighted by Crippen LogP contribution is 2.27. The van der Waals surface area contributed by atoms with Crippen LogP contribution in [0, 0.1) is 0 Å². The highest BCUT2D eigenvalue weighted by atomic mass is 19.4. The molecule has 0 unspecified atom stereocenters. The molecule has 5 nitrogen and oxygen atoms in total. The first kappa shape index (κ1) is 14.7. The van der Waals surface area contributed by atoms with Gasteiger partial charge in [0.05, 0.1) is 0 Å². The van der Waals surface area contributed by atoms with E-state index >= 15 is 0 Å². The highest BCUT2D eigenvalue weighted by molar-refractivity contribution is 5.87. The van der Waals surface area contributed by atoms with Crippen LogP contribution >= 0.6 is 0 Å². The SMILES string of the molecule is CN(c1nc2ccccc2o1)[C@H]1CCN(CC(F)(F)F)C1=O. The van der Waals surface area contributed by atoms with Crippen molar-refractivity contribution in [3.05, 3.63) is 24.3 Å². The third-order valence-corrected chi connectivity index (χ3v) is 3.69. The van der Waals surface area contributed by atoms with Gasteiger partial charge in [0.1, 0.15) is 18.1 Å². The van der Waals surface area contributed by atoms with Crippen molar-refractivity contribution in [2.24, 2.45) is 0 Å². The molecule has 1 atom stereocenters. The zero-order valence-corrected chi connectivity index (χ0v) is 11.8. The number of halogens is 3. The molecule has 3 rings (SSSR count). The zero-order chi connectivity index (χ0) is 15.9. The number of alkyl halides is 3. The van der Waals surface area contributed by atoms with Crippen molar-refractivity contribution >= 4 is 23.0 Å². The summed E-state index contributed by atoms with van der Waals surface area (Å²) < 4.78 is 42.8. The predicted molar refractivity (Wildman–Crippen MR) is 73.5 cm³/mol. The van der Waals surface area contributed by atoms with Crippen LogP contribution in [-0.2, 0) is 4.79 Å². The third-order valence-electron chi connectivity index (χ3n) is 3.69. The Morgan fingerprint density at radius 1 is 1.41 bits per heavy atom. The van der Waals surface area contributed by atoms with Gasteiger partial charge in [-0.05, 0) is 18.6 Å². The van der Waals surface area contributed by atoms with Crippen molar-refractivity contribution in [3.63, 3.8) is 0 Å². The average molecular weight is 313 g/mol. The van der Waals surface area contributed by atoms with Crippen molar-refractivity contribution in [2.75, 3.05) is 25.0 Å². The van der Waals surface area contributed by atoms with E-state index in [1.165, 1.54) is 4.90 Å². The lowest BCUT2D eigenvalue weighted by Crippen LogP contribution is -2.42. The van der Waals surface area contributed by atoms with E-state index in [-0.39, 0.29) is 12.6 Å². The van der Waals surface area contributed by atoms with E-state index in [9.17, 15) is 18.0 Å². The lowest BCUT2D eigenvalue weighted by molar-refractivity contribution is -0.157. The molecule has 2 heterocycles. The van der Waals surface area contributed by atoms with Crippen molar-refractivity contribution in [2.45, 2.75) is 18.6 Å². The Balaban J connectivity index is 1.78. The molecule has 1 aliphatic heterocycles. The van der Waals surface area contributed by atoms with Crippen molar-refractivity contribution in [1.82, 2.24) is 9.88 Å². The summed E-state index contributed by atoms with van der Waals surface area (Å²) in [6.45, 7) is -1.14. The molecule has 0 radical (unpaired) electrons. The fourth-order valence-corrected chi connectivity index (χ4v) is 2.60. The van der Waals surface area contributed by atoms with Crippen molar-refractivity contribution < 1.29 is 22.4 Å². The smallest absolute Gasteiger partial charge is 0.406 e. The molecule has 1 saturated heterocycles. The van der Waals surface area contributed by atoms with Gasteiger partial charge in [0.25, 0.3) is 6.01 Å². The fourth-order valence-electron chi connectivity index (χ4n) is 2.60. The molecule has 0 spiro atoms. The minimum Gasteiger partial charge on any atom is -0.423 e. The maximum absolute atomic E-state index is 12.4. The number of nitrogens with zero attached hydrogens (tertiary/aromatic N) is 3. The molecule has 22 heavy (non-hydrogen) atoms. The number of oxazole rings is 1. The van der Waals surface area contributed by atoms with Crippen molar-refractivity contribution in [3.8, 4) is 0 Å². The first-order chi connectivity index (χ1) is 10.3. The van der Waals surface area contributed by atoms with Gasteiger partial charge >= 0.3 is 6.18 Å². The van der Waals surface area contributed by atoms with E-state index in [4.69, 9.17) is 4.42 Å². The molecule has 0 bridgehead atoms. The second-order valence-electron chi connectivity index (χ2n) is 5.25. The van der Waals surface area contributed by atoms with E-state index in [0.717, 1.165) is 4.90 Å². The standard InChI is InChI=1S/C14H14F3N3O2/c1-19(13-18-9-4-2-3-5-11(9)22-13)10-6-7-20(12(10)21)8-14(15,16)17/h2-5,10H,6-8H2,1H3/t10-/m0/s1. The van der Waals surface area contributed by atoms with Crippen LogP contribution in [0.25, 0.3) is 11.1 Å². The summed E-state index contributed by atoms with van der Waals surface area (Å²) in [5.74, 6) is -0.554. The summed E-state index contributed by atoms with van der Waals surface area (Å²) in [5.41, 5.74) is 1.21. The van der Waals surface area contributed by atoms with E-state index in [0.29, 0.717) is 17.5 Å². The Morgan fingerprint density at radius 3 is 2.82 bits per heavy atom. The second-order valence-corrected chi connectivity index (χ2v) is 5.25. The second kappa shape index (κ2) is 5.19. The summed E-state index contributed by atoms with van der Waals surface area (Å²) in [4.78, 5) is 18.7. The molecule has 0 aliphatic carbocycles. The predicted octanol–water partition coefficient (Wildman–Crippen LogP) is 2.43. The lowest BCUT2D eigenvalue weighted by atomic mass is 10.2. The maximum atomic E-state index is 12.4. The monoisotopic (exact) mass is 313 g/mol. The van der Waals surface area contributed by atoms with E-state index < -0.39 is 24.7 Å². The van der Waals surface area contributed by atoms with Crippen LogP contribution in [0.5, 0.6) is 0 Å². The number of amides is 1. The minimum absolute atomic E-state index is 0.0770. The molecule has 8 heteroatoms. The van der Waals surface area contributed by atoms with Gasteiger partial charge in [-0.25, -0.2) is 0 Å². The molecule has 1 aromatic carbocycles. The molecule has 2 aromatic rings. The first-order valence-corrected chi connectivity index (χ1v) is 6.79. The molecule has 1 fully saturated rings. The molecule has 1 amide bonds. The van der Waals surface area contributed by atoms with Crippen LogP contribution in [0.15, 0.2) is 28.7 Å². The molecule has 118 valence electrons. The first-order valence-electron chi connectivity index (χ1n) is 6.79. The number of para-hydroxylation sites is 2. The van der Waals surface area contributed by atoms with Gasteiger partial charge in [-0.2, -0.15) is 18.2 Å². The van der Waals surface area contributed by atoms with Gasteiger partial charge in [-0.3, -0.25) is 4.79 Å². The number of benzene rings is 1. The van der Waals surface area contributed by atoms with E-state index in [1.807, 2.05) is 0 Å².